The van der Waals surface area contributed by atoms with E-state index >= 15 is 0 Å². The van der Waals surface area contributed by atoms with Crippen LogP contribution >= 0.6 is 0 Å². The van der Waals surface area contributed by atoms with Crippen molar-refractivity contribution in [3.63, 3.8) is 0 Å². The van der Waals surface area contributed by atoms with E-state index in [1.165, 1.54) is 11.1 Å². The van der Waals surface area contributed by atoms with Crippen LogP contribution in [0.2, 0.25) is 0 Å². The molecule has 0 bridgehead atoms. The van der Waals surface area contributed by atoms with E-state index < -0.39 is 0 Å². The summed E-state index contributed by atoms with van der Waals surface area (Å²) in [6.07, 6.45) is 0. The second kappa shape index (κ2) is 4.80. The molecular weight excluding hydrogens is 232 g/mol. The predicted octanol–water partition coefficient (Wildman–Crippen LogP) is 3.40. The molecule has 0 aromatic heterocycles. The van der Waals surface area contributed by atoms with Gasteiger partial charge >= 0.3 is 0 Å². The minimum Gasteiger partial charge on any atom is -0.291 e. The van der Waals surface area contributed by atoms with E-state index in [0.29, 0.717) is 12.1 Å². The Balaban J connectivity index is 1.97. The summed E-state index contributed by atoms with van der Waals surface area (Å²) in [6.45, 7) is 4.37. The molecule has 2 atom stereocenters. The smallest absolute Gasteiger partial charge is 0.0639 e. The van der Waals surface area contributed by atoms with Gasteiger partial charge in [0.2, 0.25) is 0 Å². The van der Waals surface area contributed by atoms with Crippen molar-refractivity contribution in [2.24, 2.45) is 0 Å². The summed E-state index contributed by atoms with van der Waals surface area (Å²) < 4.78 is 0. The van der Waals surface area contributed by atoms with Crippen molar-refractivity contribution >= 4 is 0 Å². The first-order chi connectivity index (χ1) is 9.16. The fraction of sp³-hybridized carbons (Fsp3) is 0.294. The van der Waals surface area contributed by atoms with E-state index in [1.54, 1.807) is 0 Å². The lowest BCUT2D eigenvalue weighted by Gasteiger charge is -2.19. The molecule has 0 aliphatic carbocycles. The molecule has 1 saturated heterocycles. The summed E-state index contributed by atoms with van der Waals surface area (Å²) in [5.41, 5.74) is 2.60. The first kappa shape index (κ1) is 12.4. The number of hydrogen-bond acceptors (Lipinski definition) is 2. The SMILES string of the molecule is CC1(C)N[C@@H](c2ccccc2)[C@H](c2ccccc2)N1. The molecular formula is C17H20N2. The van der Waals surface area contributed by atoms with Crippen molar-refractivity contribution in [2.75, 3.05) is 0 Å². The zero-order valence-corrected chi connectivity index (χ0v) is 11.4. The quantitative estimate of drug-likeness (QED) is 0.856. The molecule has 1 heterocycles. The second-order valence-corrected chi connectivity index (χ2v) is 5.69. The van der Waals surface area contributed by atoms with Crippen LogP contribution in [0.25, 0.3) is 0 Å². The van der Waals surface area contributed by atoms with Crippen LogP contribution in [0, 0.1) is 0 Å². The molecule has 2 heteroatoms. The molecule has 3 rings (SSSR count). The van der Waals surface area contributed by atoms with Crippen LogP contribution in [0.3, 0.4) is 0 Å². The standard InChI is InChI=1S/C17H20N2/c1-17(2)18-15(13-9-5-3-6-10-13)16(19-17)14-11-7-4-8-12-14/h3-12,15-16,18-19H,1-2H3/t15-,16-/m0/s1. The Bertz CT molecular complexity index is 484. The maximum Gasteiger partial charge on any atom is 0.0639 e. The van der Waals surface area contributed by atoms with Gasteiger partial charge in [-0.05, 0) is 25.0 Å². The van der Waals surface area contributed by atoms with E-state index in [2.05, 4.69) is 85.1 Å². The topological polar surface area (TPSA) is 24.1 Å². The molecule has 2 aromatic carbocycles. The lowest BCUT2D eigenvalue weighted by Crippen LogP contribution is -2.42. The van der Waals surface area contributed by atoms with Gasteiger partial charge in [0.1, 0.15) is 0 Å². The molecule has 0 spiro atoms. The Labute approximate surface area is 114 Å². The van der Waals surface area contributed by atoms with Crippen LogP contribution in [0.5, 0.6) is 0 Å². The van der Waals surface area contributed by atoms with E-state index in [9.17, 15) is 0 Å². The molecule has 0 unspecified atom stereocenters. The second-order valence-electron chi connectivity index (χ2n) is 5.69. The third-order valence-corrected chi connectivity index (χ3v) is 3.68. The average molecular weight is 252 g/mol. The molecule has 0 saturated carbocycles. The fourth-order valence-electron chi connectivity index (χ4n) is 2.86. The summed E-state index contributed by atoms with van der Waals surface area (Å²) in [5.74, 6) is 0. The minimum atomic E-state index is -0.0545. The van der Waals surface area contributed by atoms with Crippen molar-refractivity contribution in [3.8, 4) is 0 Å². The Morgan fingerprint density at radius 1 is 0.684 bits per heavy atom. The van der Waals surface area contributed by atoms with Gasteiger partial charge in [0.05, 0.1) is 17.7 Å². The molecule has 98 valence electrons. The van der Waals surface area contributed by atoms with Gasteiger partial charge in [-0.15, -0.1) is 0 Å². The summed E-state index contributed by atoms with van der Waals surface area (Å²) >= 11 is 0. The third-order valence-electron chi connectivity index (χ3n) is 3.68. The monoisotopic (exact) mass is 252 g/mol. The number of hydrogen-bond donors (Lipinski definition) is 2. The van der Waals surface area contributed by atoms with Crippen molar-refractivity contribution in [1.29, 1.82) is 0 Å². The Morgan fingerprint density at radius 3 is 1.42 bits per heavy atom. The van der Waals surface area contributed by atoms with Crippen LogP contribution in [0.4, 0.5) is 0 Å². The lowest BCUT2D eigenvalue weighted by atomic mass is 9.95. The van der Waals surface area contributed by atoms with Gasteiger partial charge in [-0.1, -0.05) is 60.7 Å². The normalized spacial score (nSPS) is 25.4. The number of rotatable bonds is 2. The zero-order chi connectivity index (χ0) is 13.3. The fourth-order valence-corrected chi connectivity index (χ4v) is 2.86. The molecule has 2 aromatic rings. The molecule has 0 radical (unpaired) electrons. The van der Waals surface area contributed by atoms with E-state index in [-0.39, 0.29) is 5.66 Å². The van der Waals surface area contributed by atoms with Gasteiger partial charge in [-0.25, -0.2) is 0 Å². The first-order valence-corrected chi connectivity index (χ1v) is 6.81. The highest BCUT2D eigenvalue weighted by Gasteiger charge is 2.39. The van der Waals surface area contributed by atoms with Crippen molar-refractivity contribution in [1.82, 2.24) is 10.6 Å². The van der Waals surface area contributed by atoms with Crippen LogP contribution in [0.1, 0.15) is 37.1 Å². The van der Waals surface area contributed by atoms with Gasteiger partial charge in [0.25, 0.3) is 0 Å². The molecule has 2 N–H and O–H groups in total. The molecule has 19 heavy (non-hydrogen) atoms. The Kier molecular flexibility index (Phi) is 3.13. The van der Waals surface area contributed by atoms with Crippen LogP contribution in [-0.4, -0.2) is 5.66 Å². The first-order valence-electron chi connectivity index (χ1n) is 6.81. The maximum absolute atomic E-state index is 3.68. The highest BCUT2D eigenvalue weighted by atomic mass is 15.3. The van der Waals surface area contributed by atoms with Crippen LogP contribution in [0.15, 0.2) is 60.7 Å². The number of nitrogens with one attached hydrogen (secondary N) is 2. The van der Waals surface area contributed by atoms with Crippen molar-refractivity contribution in [2.45, 2.75) is 31.6 Å². The Morgan fingerprint density at radius 2 is 1.05 bits per heavy atom. The van der Waals surface area contributed by atoms with Gasteiger partial charge in [-0.3, -0.25) is 10.6 Å². The molecule has 2 nitrogen and oxygen atoms in total. The highest BCUT2D eigenvalue weighted by molar-refractivity contribution is 5.30. The predicted molar refractivity (Wildman–Crippen MR) is 78.7 cm³/mol. The van der Waals surface area contributed by atoms with Gasteiger partial charge in [-0.2, -0.15) is 0 Å². The van der Waals surface area contributed by atoms with E-state index in [0.717, 1.165) is 0 Å². The average Bonchev–Trinajstić information content (AvgIpc) is 2.77. The highest BCUT2D eigenvalue weighted by Crippen LogP contribution is 2.36. The van der Waals surface area contributed by atoms with Crippen molar-refractivity contribution < 1.29 is 0 Å². The largest absolute Gasteiger partial charge is 0.291 e. The molecule has 0 amide bonds. The van der Waals surface area contributed by atoms with Crippen LogP contribution in [-0.2, 0) is 0 Å². The minimum absolute atomic E-state index is 0.0545. The zero-order valence-electron chi connectivity index (χ0n) is 11.4. The third kappa shape index (κ3) is 2.55. The van der Waals surface area contributed by atoms with Gasteiger partial charge in [0.15, 0.2) is 0 Å². The van der Waals surface area contributed by atoms with Crippen LogP contribution < -0.4 is 10.6 Å². The molecule has 1 fully saturated rings. The van der Waals surface area contributed by atoms with E-state index in [1.807, 2.05) is 0 Å². The molecule has 1 aliphatic rings. The molecule has 1 aliphatic heterocycles. The van der Waals surface area contributed by atoms with Gasteiger partial charge in [0, 0.05) is 0 Å². The summed E-state index contributed by atoms with van der Waals surface area (Å²) in [4.78, 5) is 0. The maximum atomic E-state index is 3.68. The van der Waals surface area contributed by atoms with Gasteiger partial charge < -0.3 is 0 Å². The summed E-state index contributed by atoms with van der Waals surface area (Å²) in [6, 6.07) is 21.9. The lowest BCUT2D eigenvalue weighted by molar-refractivity contribution is 0.389. The van der Waals surface area contributed by atoms with E-state index in [4.69, 9.17) is 0 Å². The Hall–Kier alpha value is -1.64. The van der Waals surface area contributed by atoms with Crippen molar-refractivity contribution in [3.05, 3.63) is 71.8 Å². The number of benzene rings is 2. The summed E-state index contributed by atoms with van der Waals surface area (Å²) in [7, 11) is 0. The summed E-state index contributed by atoms with van der Waals surface area (Å²) in [5, 5.41) is 7.37.